The minimum absolute atomic E-state index is 0.184. The average Bonchev–Trinajstić information content (AvgIpc) is 2.85. The van der Waals surface area contributed by atoms with Gasteiger partial charge in [-0.2, -0.15) is 0 Å². The van der Waals surface area contributed by atoms with Gasteiger partial charge in [-0.1, -0.05) is 94.0 Å². The van der Waals surface area contributed by atoms with Crippen LogP contribution in [0.2, 0.25) is 0 Å². The molecule has 0 aliphatic heterocycles. The van der Waals surface area contributed by atoms with Crippen molar-refractivity contribution in [2.45, 2.75) is 57.8 Å². The molecule has 4 heteroatoms. The summed E-state index contributed by atoms with van der Waals surface area (Å²) in [6.07, 6.45) is 18.2. The molecule has 34 heavy (non-hydrogen) atoms. The molecule has 0 amide bonds. The normalized spacial score (nSPS) is 18.5. The summed E-state index contributed by atoms with van der Waals surface area (Å²) in [6, 6.07) is 11.5. The van der Waals surface area contributed by atoms with Crippen LogP contribution in [0.15, 0.2) is 94.7 Å². The van der Waals surface area contributed by atoms with Crippen LogP contribution in [0.1, 0.15) is 58.1 Å². The van der Waals surface area contributed by atoms with E-state index in [-0.39, 0.29) is 22.5 Å². The Labute approximate surface area is 203 Å². The van der Waals surface area contributed by atoms with Crippen LogP contribution in [0, 0.1) is 5.92 Å². The summed E-state index contributed by atoms with van der Waals surface area (Å²) in [5, 5.41) is 20.4. The van der Waals surface area contributed by atoms with Gasteiger partial charge in [-0.25, -0.2) is 0 Å². The predicted octanol–water partition coefficient (Wildman–Crippen LogP) is 8.35. The van der Waals surface area contributed by atoms with Crippen LogP contribution in [0.5, 0.6) is 5.75 Å². The monoisotopic (exact) mass is 453 g/mol. The van der Waals surface area contributed by atoms with Gasteiger partial charge in [0.1, 0.15) is 17.1 Å². The summed E-state index contributed by atoms with van der Waals surface area (Å²) in [5.41, 5.74) is 10.6. The molecule has 0 radical (unpaired) electrons. The minimum Gasteiger partial charge on any atom is -0.505 e. The van der Waals surface area contributed by atoms with E-state index in [1.807, 2.05) is 24.3 Å². The van der Waals surface area contributed by atoms with Gasteiger partial charge in [0.15, 0.2) is 0 Å². The van der Waals surface area contributed by atoms with Gasteiger partial charge in [0, 0.05) is 11.0 Å². The minimum atomic E-state index is -0.297. The Bertz CT molecular complexity index is 1210. The number of aromatic hydroxyl groups is 1. The van der Waals surface area contributed by atoms with Crippen molar-refractivity contribution in [2.24, 2.45) is 16.1 Å². The molecule has 0 spiro atoms. The number of para-hydroxylation sites is 1. The maximum atomic E-state index is 11.5. The fourth-order valence-corrected chi connectivity index (χ4v) is 4.86. The van der Waals surface area contributed by atoms with Crippen molar-refractivity contribution in [3.63, 3.8) is 0 Å². The van der Waals surface area contributed by atoms with Crippen molar-refractivity contribution in [1.82, 2.24) is 0 Å². The molecule has 0 bridgehead atoms. The highest BCUT2D eigenvalue weighted by Gasteiger charge is 2.35. The quantitative estimate of drug-likeness (QED) is 0.341. The van der Waals surface area contributed by atoms with E-state index < -0.39 is 0 Å². The highest BCUT2D eigenvalue weighted by molar-refractivity contribution is 5.64. The molecule has 4 nitrogen and oxygen atoms in total. The molecule has 0 aromatic heterocycles. The Morgan fingerprint density at radius 1 is 0.941 bits per heavy atom. The number of phenols is 1. The second-order valence-electron chi connectivity index (χ2n) is 10.3. The Balaban J connectivity index is 1.86. The topological polar surface area (TPSA) is 71.0 Å². The number of phenolic OH excluding ortho intramolecular Hbond substituents is 1. The maximum Gasteiger partial charge on any atom is 0.146 e. The van der Waals surface area contributed by atoms with Gasteiger partial charge in [0.2, 0.25) is 0 Å². The maximum absolute atomic E-state index is 11.5. The van der Waals surface area contributed by atoms with Crippen molar-refractivity contribution in [2.75, 3.05) is 5.73 Å². The largest absolute Gasteiger partial charge is 0.505 e. The average molecular weight is 454 g/mol. The number of anilines is 1. The Morgan fingerprint density at radius 2 is 1.71 bits per heavy atom. The lowest BCUT2D eigenvalue weighted by atomic mass is 9.68. The molecule has 2 aromatic carbocycles. The van der Waals surface area contributed by atoms with E-state index >= 15 is 0 Å². The highest BCUT2D eigenvalue weighted by Crippen LogP contribution is 2.48. The molecular weight excluding hydrogens is 418 g/mol. The number of allylic oxidation sites excluding steroid dienone is 8. The van der Waals surface area contributed by atoms with E-state index in [0.29, 0.717) is 17.1 Å². The number of rotatable bonds is 6. The summed E-state index contributed by atoms with van der Waals surface area (Å²) in [5.74, 6) is 0.455. The molecule has 0 saturated carbocycles. The molecule has 4 rings (SSSR count). The van der Waals surface area contributed by atoms with Crippen molar-refractivity contribution in [3.8, 4) is 5.75 Å². The van der Waals surface area contributed by atoms with Gasteiger partial charge in [-0.3, -0.25) is 0 Å². The first-order valence-corrected chi connectivity index (χ1v) is 12.0. The first-order chi connectivity index (χ1) is 16.2. The fourth-order valence-electron chi connectivity index (χ4n) is 4.86. The molecule has 0 saturated heterocycles. The lowest BCUT2D eigenvalue weighted by Gasteiger charge is -2.36. The molecule has 1 unspecified atom stereocenters. The highest BCUT2D eigenvalue weighted by atomic mass is 16.3. The smallest absolute Gasteiger partial charge is 0.146 e. The molecule has 2 aromatic rings. The van der Waals surface area contributed by atoms with Crippen molar-refractivity contribution >= 4 is 17.1 Å². The number of hydrogen-bond donors (Lipinski definition) is 2. The van der Waals surface area contributed by atoms with Crippen molar-refractivity contribution in [1.29, 1.82) is 0 Å². The van der Waals surface area contributed by atoms with Crippen LogP contribution in [0.4, 0.5) is 17.1 Å². The third-order valence-corrected chi connectivity index (χ3v) is 7.43. The Hall–Kier alpha value is -3.40. The lowest BCUT2D eigenvalue weighted by Crippen LogP contribution is -2.29. The van der Waals surface area contributed by atoms with Gasteiger partial charge < -0.3 is 10.8 Å². The van der Waals surface area contributed by atoms with Crippen molar-refractivity contribution < 1.29 is 5.11 Å². The first kappa shape index (κ1) is 23.7. The van der Waals surface area contributed by atoms with E-state index in [9.17, 15) is 5.11 Å². The zero-order valence-electron chi connectivity index (χ0n) is 20.6. The zero-order chi connectivity index (χ0) is 24.3. The van der Waals surface area contributed by atoms with Crippen LogP contribution in [0.25, 0.3) is 0 Å². The Morgan fingerprint density at radius 3 is 2.38 bits per heavy atom. The molecule has 3 N–H and O–H groups in total. The number of nitrogen functional groups attached to an aromatic ring is 1. The number of benzene rings is 2. The SMILES string of the molecule is CC(C)(C1=CC=CCC1)c1cc(N=Nc2ccccc2N)c(O)c(C(C)(C)C2C=CC=CC2)c1. The third kappa shape index (κ3) is 4.63. The van der Waals surface area contributed by atoms with E-state index in [1.165, 1.54) is 5.57 Å². The second kappa shape index (κ2) is 9.46. The first-order valence-electron chi connectivity index (χ1n) is 12.0. The van der Waals surface area contributed by atoms with E-state index in [0.717, 1.165) is 30.4 Å². The van der Waals surface area contributed by atoms with Crippen LogP contribution >= 0.6 is 0 Å². The summed E-state index contributed by atoms with van der Waals surface area (Å²) in [6.45, 7) is 8.90. The van der Waals surface area contributed by atoms with Gasteiger partial charge in [0.05, 0.1) is 5.69 Å². The van der Waals surface area contributed by atoms with Gasteiger partial charge >= 0.3 is 0 Å². The number of hydrogen-bond acceptors (Lipinski definition) is 4. The van der Waals surface area contributed by atoms with Crippen LogP contribution in [-0.2, 0) is 10.8 Å². The van der Waals surface area contributed by atoms with Crippen LogP contribution in [-0.4, -0.2) is 5.11 Å². The molecule has 0 heterocycles. The summed E-state index contributed by atoms with van der Waals surface area (Å²) < 4.78 is 0. The molecular formula is C30H35N3O. The molecule has 176 valence electrons. The number of azo groups is 1. The van der Waals surface area contributed by atoms with E-state index in [2.05, 4.69) is 86.5 Å². The number of nitrogens with two attached hydrogens (primary N) is 1. The predicted molar refractivity (Wildman–Crippen MR) is 142 cm³/mol. The van der Waals surface area contributed by atoms with Gasteiger partial charge in [-0.05, 0) is 54.4 Å². The molecule has 0 fully saturated rings. The molecule has 2 aliphatic rings. The summed E-state index contributed by atoms with van der Waals surface area (Å²) >= 11 is 0. The van der Waals surface area contributed by atoms with Crippen molar-refractivity contribution in [3.05, 3.63) is 95.6 Å². The van der Waals surface area contributed by atoms with E-state index in [1.54, 1.807) is 6.07 Å². The lowest BCUT2D eigenvalue weighted by molar-refractivity contribution is 0.359. The van der Waals surface area contributed by atoms with Crippen LogP contribution in [0.3, 0.4) is 0 Å². The molecule has 1 atom stereocenters. The molecule has 2 aliphatic carbocycles. The fraction of sp³-hybridized carbons (Fsp3) is 0.333. The second-order valence-corrected chi connectivity index (χ2v) is 10.3. The van der Waals surface area contributed by atoms with E-state index in [4.69, 9.17) is 5.73 Å². The Kier molecular flexibility index (Phi) is 6.60. The third-order valence-electron chi connectivity index (χ3n) is 7.43. The summed E-state index contributed by atoms with van der Waals surface area (Å²) in [4.78, 5) is 0. The van der Waals surface area contributed by atoms with Gasteiger partial charge in [0.25, 0.3) is 0 Å². The number of nitrogens with zero attached hydrogens (tertiary/aromatic N) is 2. The zero-order valence-corrected chi connectivity index (χ0v) is 20.6. The summed E-state index contributed by atoms with van der Waals surface area (Å²) in [7, 11) is 0. The standard InChI is InChI=1S/C30H35N3O/c1-29(2,21-13-7-5-8-14-21)23-19-24(30(3,4)22-15-9-6-10-16-22)28(34)27(20-23)33-32-26-18-12-11-17-25(26)31/h5-7,9-13,15,17-20,22,34H,8,14,16,31H2,1-4H3. The van der Waals surface area contributed by atoms with Gasteiger partial charge in [-0.15, -0.1) is 10.2 Å². The van der Waals surface area contributed by atoms with Crippen LogP contribution < -0.4 is 5.73 Å².